The van der Waals surface area contributed by atoms with Crippen molar-refractivity contribution in [3.63, 3.8) is 0 Å². The Kier molecular flexibility index (Phi) is 4.44. The van der Waals surface area contributed by atoms with Gasteiger partial charge < -0.3 is 14.7 Å². The molecule has 1 amide bonds. The fourth-order valence-corrected chi connectivity index (χ4v) is 3.24. The molecule has 1 fully saturated rings. The Labute approximate surface area is 152 Å². The van der Waals surface area contributed by atoms with Crippen molar-refractivity contribution >= 4 is 17.3 Å². The molecule has 0 saturated carbocycles. The van der Waals surface area contributed by atoms with Crippen molar-refractivity contribution in [2.24, 2.45) is 0 Å². The van der Waals surface area contributed by atoms with Gasteiger partial charge in [-0.3, -0.25) is 4.79 Å². The maximum absolute atomic E-state index is 12.7. The monoisotopic (exact) mass is 347 g/mol. The highest BCUT2D eigenvalue weighted by Gasteiger charge is 2.18. The highest BCUT2D eigenvalue weighted by atomic mass is 16.5. The lowest BCUT2D eigenvalue weighted by molar-refractivity contribution is 0.102. The van der Waals surface area contributed by atoms with Crippen molar-refractivity contribution in [3.05, 3.63) is 65.9 Å². The van der Waals surface area contributed by atoms with Crippen LogP contribution in [0.15, 0.2) is 59.3 Å². The summed E-state index contributed by atoms with van der Waals surface area (Å²) >= 11 is 0. The van der Waals surface area contributed by atoms with Crippen molar-refractivity contribution in [1.29, 1.82) is 0 Å². The van der Waals surface area contributed by atoms with Gasteiger partial charge in [-0.25, -0.2) is 0 Å². The molecule has 0 aliphatic carbocycles. The number of anilines is 2. The molecule has 0 radical (unpaired) electrons. The van der Waals surface area contributed by atoms with Gasteiger partial charge in [-0.05, 0) is 44.0 Å². The first kappa shape index (κ1) is 16.4. The molecule has 4 rings (SSSR count). The van der Waals surface area contributed by atoms with Gasteiger partial charge in [0.05, 0.1) is 6.20 Å². The van der Waals surface area contributed by atoms with E-state index < -0.39 is 0 Å². The molecule has 1 aliphatic heterocycles. The van der Waals surface area contributed by atoms with E-state index in [9.17, 15) is 4.79 Å². The Morgan fingerprint density at radius 1 is 1.04 bits per heavy atom. The van der Waals surface area contributed by atoms with E-state index in [0.717, 1.165) is 29.9 Å². The van der Waals surface area contributed by atoms with Gasteiger partial charge in [0, 0.05) is 30.0 Å². The molecule has 2 heterocycles. The van der Waals surface area contributed by atoms with E-state index in [1.54, 1.807) is 0 Å². The number of carbonyl (C=O) groups excluding carboxylic acids is 1. The Bertz CT molecular complexity index is 892. The first-order valence-electron chi connectivity index (χ1n) is 8.89. The highest BCUT2D eigenvalue weighted by Crippen LogP contribution is 2.26. The largest absolute Gasteiger partial charge is 0.372 e. The number of rotatable bonds is 4. The molecule has 26 heavy (non-hydrogen) atoms. The fraction of sp³-hybridized carbons (Fsp3) is 0.238. The van der Waals surface area contributed by atoms with Crippen molar-refractivity contribution in [2.75, 3.05) is 23.3 Å². The third-order valence-corrected chi connectivity index (χ3v) is 4.73. The topological polar surface area (TPSA) is 58.4 Å². The predicted octanol–water partition coefficient (Wildman–Crippen LogP) is 4.50. The average Bonchev–Trinajstić information content (AvgIpc) is 3.35. The number of nitrogens with one attached hydrogen (secondary N) is 1. The molecule has 1 aliphatic rings. The van der Waals surface area contributed by atoms with Gasteiger partial charge in [-0.15, -0.1) is 0 Å². The maximum Gasteiger partial charge on any atom is 0.261 e. The Morgan fingerprint density at radius 3 is 2.42 bits per heavy atom. The third-order valence-electron chi connectivity index (χ3n) is 4.73. The van der Waals surface area contributed by atoms with Crippen LogP contribution in [0.2, 0.25) is 0 Å². The van der Waals surface area contributed by atoms with Gasteiger partial charge in [0.2, 0.25) is 0 Å². The predicted molar refractivity (Wildman–Crippen MR) is 103 cm³/mol. The molecule has 3 aromatic rings. The van der Waals surface area contributed by atoms with E-state index >= 15 is 0 Å². The van der Waals surface area contributed by atoms with Crippen molar-refractivity contribution in [2.45, 2.75) is 19.8 Å². The minimum Gasteiger partial charge on any atom is -0.372 e. The summed E-state index contributed by atoms with van der Waals surface area (Å²) in [6.07, 6.45) is 3.95. The quantitative estimate of drug-likeness (QED) is 0.755. The smallest absolute Gasteiger partial charge is 0.261 e. The van der Waals surface area contributed by atoms with E-state index in [1.165, 1.54) is 24.7 Å². The molecule has 0 unspecified atom stereocenters. The molecule has 132 valence electrons. The van der Waals surface area contributed by atoms with Crippen LogP contribution >= 0.6 is 0 Å². The Balaban J connectivity index is 1.50. The number of aromatic nitrogens is 1. The Hall–Kier alpha value is -3.08. The third kappa shape index (κ3) is 3.33. The minimum atomic E-state index is -0.226. The molecule has 5 nitrogen and oxygen atoms in total. The van der Waals surface area contributed by atoms with Crippen LogP contribution in [0, 0.1) is 6.92 Å². The summed E-state index contributed by atoms with van der Waals surface area (Å²) in [5.74, 6) is 0.256. The maximum atomic E-state index is 12.7. The lowest BCUT2D eigenvalue weighted by atomic mass is 10.1. The normalized spacial score (nSPS) is 13.8. The van der Waals surface area contributed by atoms with Gasteiger partial charge in [-0.2, -0.15) is 0 Å². The number of benzene rings is 2. The van der Waals surface area contributed by atoms with Crippen molar-refractivity contribution in [3.8, 4) is 11.3 Å². The molecule has 0 atom stereocenters. The first-order chi connectivity index (χ1) is 12.7. The number of amides is 1. The molecular formula is C21H21N3O2. The second-order valence-electron chi connectivity index (χ2n) is 6.63. The SMILES string of the molecule is Cc1ccc(-c2oncc2C(=O)Nc2ccc(N3CCCC3)cc2)cc1. The standard InChI is InChI=1S/C21H21N3O2/c1-15-4-6-16(7-5-15)20-19(14-22-26-20)21(25)23-17-8-10-18(11-9-17)24-12-2-3-13-24/h4-11,14H,2-3,12-13H2,1H3,(H,23,25). The van der Waals surface area contributed by atoms with E-state index in [0.29, 0.717) is 11.3 Å². The highest BCUT2D eigenvalue weighted by molar-refractivity contribution is 6.07. The summed E-state index contributed by atoms with van der Waals surface area (Å²) in [6, 6.07) is 15.8. The second kappa shape index (κ2) is 7.04. The van der Waals surface area contributed by atoms with Gasteiger partial charge in [0.1, 0.15) is 5.56 Å². The summed E-state index contributed by atoms with van der Waals surface area (Å²) in [5.41, 5.74) is 4.37. The molecule has 0 spiro atoms. The van der Waals surface area contributed by atoms with Crippen LogP contribution in [0.1, 0.15) is 28.8 Å². The van der Waals surface area contributed by atoms with Crippen molar-refractivity contribution in [1.82, 2.24) is 5.16 Å². The van der Waals surface area contributed by atoms with Crippen molar-refractivity contribution < 1.29 is 9.32 Å². The van der Waals surface area contributed by atoms with Crippen LogP contribution < -0.4 is 10.2 Å². The Morgan fingerprint density at radius 2 is 1.73 bits per heavy atom. The average molecular weight is 347 g/mol. The lowest BCUT2D eigenvalue weighted by Gasteiger charge is -2.17. The number of carbonyl (C=O) groups is 1. The van der Waals surface area contributed by atoms with E-state index in [-0.39, 0.29) is 5.91 Å². The number of nitrogens with zero attached hydrogens (tertiary/aromatic N) is 2. The van der Waals surface area contributed by atoms with Gasteiger partial charge >= 0.3 is 0 Å². The molecule has 1 aromatic heterocycles. The number of hydrogen-bond acceptors (Lipinski definition) is 4. The van der Waals surface area contributed by atoms with E-state index in [4.69, 9.17) is 4.52 Å². The van der Waals surface area contributed by atoms with Crippen LogP contribution in [-0.2, 0) is 0 Å². The van der Waals surface area contributed by atoms with Gasteiger partial charge in [0.15, 0.2) is 5.76 Å². The summed E-state index contributed by atoms with van der Waals surface area (Å²) in [5, 5.41) is 6.73. The van der Waals surface area contributed by atoms with E-state index in [1.807, 2.05) is 43.3 Å². The number of hydrogen-bond donors (Lipinski definition) is 1. The minimum absolute atomic E-state index is 0.226. The second-order valence-corrected chi connectivity index (χ2v) is 6.63. The molecule has 1 N–H and O–H groups in total. The summed E-state index contributed by atoms with van der Waals surface area (Å²) in [7, 11) is 0. The van der Waals surface area contributed by atoms with E-state index in [2.05, 4.69) is 27.5 Å². The zero-order valence-electron chi connectivity index (χ0n) is 14.7. The zero-order chi connectivity index (χ0) is 17.9. The molecular weight excluding hydrogens is 326 g/mol. The van der Waals surface area contributed by atoms with Gasteiger partial charge in [0.25, 0.3) is 5.91 Å². The molecule has 5 heteroatoms. The van der Waals surface area contributed by atoms with Crippen LogP contribution in [-0.4, -0.2) is 24.2 Å². The van der Waals surface area contributed by atoms with Crippen LogP contribution in [0.5, 0.6) is 0 Å². The summed E-state index contributed by atoms with van der Waals surface area (Å²) in [6.45, 7) is 4.22. The number of aryl methyl sites for hydroxylation is 1. The molecule has 1 saturated heterocycles. The lowest BCUT2D eigenvalue weighted by Crippen LogP contribution is -2.17. The van der Waals surface area contributed by atoms with Gasteiger partial charge in [-0.1, -0.05) is 35.0 Å². The summed E-state index contributed by atoms with van der Waals surface area (Å²) < 4.78 is 5.32. The zero-order valence-corrected chi connectivity index (χ0v) is 14.7. The molecule has 0 bridgehead atoms. The van der Waals surface area contributed by atoms with Crippen LogP contribution in [0.4, 0.5) is 11.4 Å². The summed E-state index contributed by atoms with van der Waals surface area (Å²) in [4.78, 5) is 15.0. The van der Waals surface area contributed by atoms with Crippen LogP contribution in [0.25, 0.3) is 11.3 Å². The van der Waals surface area contributed by atoms with Crippen LogP contribution in [0.3, 0.4) is 0 Å². The fourth-order valence-electron chi connectivity index (χ4n) is 3.24. The first-order valence-corrected chi connectivity index (χ1v) is 8.89. The molecule has 2 aromatic carbocycles.